The van der Waals surface area contributed by atoms with Gasteiger partial charge in [0.15, 0.2) is 0 Å². The average Bonchev–Trinajstić information content (AvgIpc) is 2.81. The van der Waals surface area contributed by atoms with Crippen molar-refractivity contribution < 1.29 is 13.2 Å². The predicted octanol–water partition coefficient (Wildman–Crippen LogP) is 1.94. The molecule has 1 aromatic carbocycles. The summed E-state index contributed by atoms with van der Waals surface area (Å²) < 4.78 is 25.3. The number of sulfonamides is 1. The topological polar surface area (TPSA) is 82.3 Å². The molecule has 2 N–H and O–H groups in total. The highest BCUT2D eigenvalue weighted by Crippen LogP contribution is 2.26. The lowest BCUT2D eigenvalue weighted by atomic mass is 10.0. The van der Waals surface area contributed by atoms with Crippen molar-refractivity contribution in [1.82, 2.24) is 14.6 Å². The number of carbonyl (C=O) groups excluding carboxylic acids is 1. The van der Waals surface area contributed by atoms with Gasteiger partial charge in [0.25, 0.3) is 5.91 Å². The molecule has 7 heteroatoms. The maximum atomic E-state index is 12.9. The highest BCUT2D eigenvalue weighted by molar-refractivity contribution is 7.88. The molecule has 1 fully saturated rings. The Hall–Kier alpha value is -1.86. The number of aryl methyl sites for hydroxylation is 2. The third kappa shape index (κ3) is 3.32. The van der Waals surface area contributed by atoms with Gasteiger partial charge in [0.1, 0.15) is 0 Å². The van der Waals surface area contributed by atoms with Crippen molar-refractivity contribution in [3.8, 4) is 0 Å². The van der Waals surface area contributed by atoms with Gasteiger partial charge in [-0.15, -0.1) is 0 Å². The SMILES string of the molecule is Cc1[nH]c2c(C(=O)N3CCC(NS(C)(=O)=O)CC3)cccc2c1C. The zero-order valence-corrected chi connectivity index (χ0v) is 15.0. The highest BCUT2D eigenvalue weighted by Gasteiger charge is 2.26. The summed E-state index contributed by atoms with van der Waals surface area (Å²) in [6.45, 7) is 5.17. The minimum atomic E-state index is -3.20. The second-order valence-electron chi connectivity index (χ2n) is 6.56. The van der Waals surface area contributed by atoms with Crippen molar-refractivity contribution in [3.63, 3.8) is 0 Å². The lowest BCUT2D eigenvalue weighted by Gasteiger charge is -2.32. The predicted molar refractivity (Wildman–Crippen MR) is 94.7 cm³/mol. The number of hydrogen-bond acceptors (Lipinski definition) is 3. The summed E-state index contributed by atoms with van der Waals surface area (Å²) in [4.78, 5) is 18.0. The van der Waals surface area contributed by atoms with Crippen LogP contribution in [0.2, 0.25) is 0 Å². The summed E-state index contributed by atoms with van der Waals surface area (Å²) in [5.74, 6) is -0.000319. The minimum Gasteiger partial charge on any atom is -0.358 e. The second-order valence-corrected chi connectivity index (χ2v) is 8.34. The van der Waals surface area contributed by atoms with Crippen LogP contribution in [-0.4, -0.2) is 49.6 Å². The monoisotopic (exact) mass is 349 g/mol. The van der Waals surface area contributed by atoms with E-state index in [1.54, 1.807) is 4.90 Å². The standard InChI is InChI=1S/C17H23N3O3S/c1-11-12(2)18-16-14(11)5-4-6-15(16)17(21)20-9-7-13(8-10-20)19-24(3,22)23/h4-6,13,18-19H,7-10H2,1-3H3. The largest absolute Gasteiger partial charge is 0.358 e. The molecule has 0 radical (unpaired) electrons. The lowest BCUT2D eigenvalue weighted by molar-refractivity contribution is 0.0713. The first-order chi connectivity index (χ1) is 11.3. The van der Waals surface area contributed by atoms with Gasteiger partial charge >= 0.3 is 0 Å². The summed E-state index contributed by atoms with van der Waals surface area (Å²) in [6.07, 6.45) is 2.44. The molecule has 0 saturated carbocycles. The molecule has 2 aromatic rings. The average molecular weight is 349 g/mol. The van der Waals surface area contributed by atoms with Crippen molar-refractivity contribution in [2.75, 3.05) is 19.3 Å². The maximum absolute atomic E-state index is 12.9. The lowest BCUT2D eigenvalue weighted by Crippen LogP contribution is -2.46. The van der Waals surface area contributed by atoms with E-state index < -0.39 is 10.0 Å². The van der Waals surface area contributed by atoms with Gasteiger partial charge in [0.2, 0.25) is 10.0 Å². The first-order valence-corrected chi connectivity index (χ1v) is 10.00. The Labute approximate surface area is 142 Å². The van der Waals surface area contributed by atoms with Crippen molar-refractivity contribution in [2.24, 2.45) is 0 Å². The van der Waals surface area contributed by atoms with Crippen LogP contribution in [0.1, 0.15) is 34.5 Å². The van der Waals surface area contributed by atoms with Gasteiger partial charge in [-0.25, -0.2) is 13.1 Å². The Morgan fingerprint density at radius 3 is 2.54 bits per heavy atom. The number of H-pyrrole nitrogens is 1. The Kier molecular flexibility index (Phi) is 4.40. The number of nitrogens with zero attached hydrogens (tertiary/aromatic N) is 1. The Morgan fingerprint density at radius 2 is 1.92 bits per heavy atom. The number of aromatic nitrogens is 1. The normalized spacial score (nSPS) is 16.7. The van der Waals surface area contributed by atoms with Crippen LogP contribution in [0.15, 0.2) is 18.2 Å². The van der Waals surface area contributed by atoms with E-state index in [0.29, 0.717) is 31.5 Å². The quantitative estimate of drug-likeness (QED) is 0.888. The second kappa shape index (κ2) is 6.22. The van der Waals surface area contributed by atoms with E-state index in [1.807, 2.05) is 32.0 Å². The molecule has 3 rings (SSSR count). The molecule has 1 aromatic heterocycles. The number of aromatic amines is 1. The molecular weight excluding hydrogens is 326 g/mol. The van der Waals surface area contributed by atoms with Crippen LogP contribution in [0, 0.1) is 13.8 Å². The van der Waals surface area contributed by atoms with Gasteiger partial charge in [0, 0.05) is 30.2 Å². The van der Waals surface area contributed by atoms with Crippen molar-refractivity contribution in [2.45, 2.75) is 32.7 Å². The molecule has 6 nitrogen and oxygen atoms in total. The van der Waals surface area contributed by atoms with E-state index in [0.717, 1.165) is 22.2 Å². The molecule has 0 atom stereocenters. The third-order valence-corrected chi connectivity index (χ3v) is 5.50. The summed E-state index contributed by atoms with van der Waals surface area (Å²) in [7, 11) is -3.20. The number of likely N-dealkylation sites (tertiary alicyclic amines) is 1. The van der Waals surface area contributed by atoms with Crippen LogP contribution in [0.25, 0.3) is 10.9 Å². The number of nitrogens with one attached hydrogen (secondary N) is 2. The Balaban J connectivity index is 1.78. The number of rotatable bonds is 3. The Bertz CT molecular complexity index is 878. The van der Waals surface area contributed by atoms with E-state index >= 15 is 0 Å². The van der Waals surface area contributed by atoms with E-state index in [9.17, 15) is 13.2 Å². The van der Waals surface area contributed by atoms with Crippen molar-refractivity contribution in [3.05, 3.63) is 35.0 Å². The molecule has 24 heavy (non-hydrogen) atoms. The van der Waals surface area contributed by atoms with Gasteiger partial charge in [-0.1, -0.05) is 12.1 Å². The zero-order valence-electron chi connectivity index (χ0n) is 14.2. The van der Waals surface area contributed by atoms with Crippen LogP contribution < -0.4 is 4.72 Å². The van der Waals surface area contributed by atoms with Crippen LogP contribution in [-0.2, 0) is 10.0 Å². The van der Waals surface area contributed by atoms with E-state index in [2.05, 4.69) is 9.71 Å². The van der Waals surface area contributed by atoms with Gasteiger partial charge in [-0.3, -0.25) is 4.79 Å². The molecular formula is C17H23N3O3S. The van der Waals surface area contributed by atoms with Gasteiger partial charge in [-0.05, 0) is 38.3 Å². The minimum absolute atomic E-state index is 0.000319. The van der Waals surface area contributed by atoms with Crippen LogP contribution in [0.3, 0.4) is 0 Å². The molecule has 2 heterocycles. The number of para-hydroxylation sites is 1. The molecule has 1 aliphatic heterocycles. The molecule has 0 bridgehead atoms. The number of amides is 1. The Morgan fingerprint density at radius 1 is 1.25 bits per heavy atom. The number of fused-ring (bicyclic) bond motifs is 1. The summed E-state index contributed by atoms with van der Waals surface area (Å²) >= 11 is 0. The molecule has 0 spiro atoms. The molecule has 1 aliphatic rings. The van der Waals surface area contributed by atoms with E-state index in [4.69, 9.17) is 0 Å². The molecule has 1 saturated heterocycles. The summed E-state index contributed by atoms with van der Waals surface area (Å²) in [5.41, 5.74) is 3.80. The van der Waals surface area contributed by atoms with Gasteiger partial charge < -0.3 is 9.88 Å². The highest BCUT2D eigenvalue weighted by atomic mass is 32.2. The fourth-order valence-electron chi connectivity index (χ4n) is 3.33. The maximum Gasteiger partial charge on any atom is 0.255 e. The number of benzene rings is 1. The van der Waals surface area contributed by atoms with E-state index in [1.165, 1.54) is 6.26 Å². The zero-order chi connectivity index (χ0) is 17.5. The van der Waals surface area contributed by atoms with Gasteiger partial charge in [0.05, 0.1) is 17.3 Å². The smallest absolute Gasteiger partial charge is 0.255 e. The van der Waals surface area contributed by atoms with Crippen LogP contribution in [0.4, 0.5) is 0 Å². The number of carbonyl (C=O) groups is 1. The first-order valence-electron chi connectivity index (χ1n) is 8.11. The summed E-state index contributed by atoms with van der Waals surface area (Å²) in [6, 6.07) is 5.69. The first kappa shape index (κ1) is 17.0. The fourth-order valence-corrected chi connectivity index (χ4v) is 4.18. The van der Waals surface area contributed by atoms with Crippen LogP contribution in [0.5, 0.6) is 0 Å². The van der Waals surface area contributed by atoms with Gasteiger partial charge in [-0.2, -0.15) is 0 Å². The third-order valence-electron chi connectivity index (χ3n) is 4.74. The van der Waals surface area contributed by atoms with Crippen molar-refractivity contribution >= 4 is 26.8 Å². The number of hydrogen-bond donors (Lipinski definition) is 2. The van der Waals surface area contributed by atoms with Crippen molar-refractivity contribution in [1.29, 1.82) is 0 Å². The molecule has 0 aliphatic carbocycles. The van der Waals surface area contributed by atoms with E-state index in [-0.39, 0.29) is 11.9 Å². The number of piperidine rings is 1. The van der Waals surface area contributed by atoms with Crippen LogP contribution >= 0.6 is 0 Å². The molecule has 1 amide bonds. The summed E-state index contributed by atoms with van der Waals surface area (Å²) in [5, 5.41) is 1.08. The molecule has 130 valence electrons. The molecule has 0 unspecified atom stereocenters. The fraction of sp³-hybridized carbons (Fsp3) is 0.471.